The molecule has 1 unspecified atom stereocenters. The van der Waals surface area contributed by atoms with Gasteiger partial charge in [-0.1, -0.05) is 30.2 Å². The smallest absolute Gasteiger partial charge is 0.262 e. The number of hydrogen-bond donors (Lipinski definition) is 2. The number of amides is 2. The number of ether oxygens (including phenoxy) is 1. The van der Waals surface area contributed by atoms with E-state index in [-0.39, 0.29) is 18.4 Å². The first-order valence-corrected chi connectivity index (χ1v) is 9.32. The lowest BCUT2D eigenvalue weighted by molar-refractivity contribution is -0.118. The van der Waals surface area contributed by atoms with Crippen LogP contribution in [0, 0.1) is 12.3 Å². The van der Waals surface area contributed by atoms with Gasteiger partial charge in [0.25, 0.3) is 11.8 Å². The van der Waals surface area contributed by atoms with Gasteiger partial charge in [-0.05, 0) is 42.5 Å². The molecule has 30 heavy (non-hydrogen) atoms. The SMILES string of the molecule is C#Cc1cccc(N2C(=O)c3ccccc3C2(O)c2ccc3c(c2)NC(=O)CO3)c1. The standard InChI is InChI=1S/C24H16N2O4/c1-2-15-6-5-7-17(12-15)26-23(28)18-8-3-4-9-19(18)24(26,29)16-10-11-21-20(13-16)25-22(27)14-30-21/h1,3-13,29H,14H2,(H,25,27). The number of aliphatic hydroxyl groups is 1. The third-order valence-corrected chi connectivity index (χ3v) is 5.35. The molecule has 0 radical (unpaired) electrons. The summed E-state index contributed by atoms with van der Waals surface area (Å²) in [7, 11) is 0. The van der Waals surface area contributed by atoms with Crippen LogP contribution in [0.2, 0.25) is 0 Å². The van der Waals surface area contributed by atoms with E-state index in [1.54, 1.807) is 66.7 Å². The van der Waals surface area contributed by atoms with Gasteiger partial charge in [-0.2, -0.15) is 0 Å². The van der Waals surface area contributed by atoms with Gasteiger partial charge in [-0.15, -0.1) is 6.42 Å². The van der Waals surface area contributed by atoms with Crippen LogP contribution in [0.15, 0.2) is 66.7 Å². The molecule has 6 nitrogen and oxygen atoms in total. The molecule has 2 N–H and O–H groups in total. The molecule has 3 aromatic carbocycles. The number of carbonyl (C=O) groups excluding carboxylic acids is 2. The molecule has 146 valence electrons. The van der Waals surface area contributed by atoms with E-state index in [0.29, 0.717) is 39.4 Å². The summed E-state index contributed by atoms with van der Waals surface area (Å²) < 4.78 is 5.42. The molecule has 0 fully saturated rings. The molecule has 2 aliphatic heterocycles. The second kappa shape index (κ2) is 6.48. The van der Waals surface area contributed by atoms with Gasteiger partial charge in [-0.3, -0.25) is 14.5 Å². The molecule has 2 heterocycles. The normalized spacial score (nSPS) is 19.4. The van der Waals surface area contributed by atoms with Crippen LogP contribution in [0.1, 0.15) is 27.0 Å². The summed E-state index contributed by atoms with van der Waals surface area (Å²) in [5, 5.41) is 14.8. The van der Waals surface area contributed by atoms with Crippen molar-refractivity contribution in [3.8, 4) is 18.1 Å². The molecule has 0 saturated carbocycles. The van der Waals surface area contributed by atoms with Crippen LogP contribution < -0.4 is 15.0 Å². The van der Waals surface area contributed by atoms with Gasteiger partial charge in [-0.25, -0.2) is 0 Å². The zero-order valence-electron chi connectivity index (χ0n) is 15.8. The number of hydrogen-bond acceptors (Lipinski definition) is 4. The van der Waals surface area contributed by atoms with Crippen LogP contribution in [0.5, 0.6) is 5.75 Å². The molecule has 3 aromatic rings. The first-order valence-electron chi connectivity index (χ1n) is 9.32. The number of nitrogens with one attached hydrogen (secondary N) is 1. The van der Waals surface area contributed by atoms with Crippen molar-refractivity contribution >= 4 is 23.2 Å². The Hall–Kier alpha value is -4.08. The third kappa shape index (κ3) is 2.50. The molecule has 0 spiro atoms. The van der Waals surface area contributed by atoms with Gasteiger partial charge in [0.1, 0.15) is 5.75 Å². The molecule has 0 aromatic heterocycles. The van der Waals surface area contributed by atoms with E-state index in [9.17, 15) is 14.7 Å². The Morgan fingerprint density at radius 3 is 2.73 bits per heavy atom. The fourth-order valence-electron chi connectivity index (χ4n) is 3.98. The van der Waals surface area contributed by atoms with E-state index >= 15 is 0 Å². The van der Waals surface area contributed by atoms with Gasteiger partial charge < -0.3 is 15.2 Å². The van der Waals surface area contributed by atoms with Crippen LogP contribution in [0.4, 0.5) is 11.4 Å². The van der Waals surface area contributed by atoms with E-state index in [1.165, 1.54) is 4.90 Å². The highest BCUT2D eigenvalue weighted by molar-refractivity contribution is 6.12. The summed E-state index contributed by atoms with van der Waals surface area (Å²) in [4.78, 5) is 26.4. The second-order valence-corrected chi connectivity index (χ2v) is 7.10. The van der Waals surface area contributed by atoms with Gasteiger partial charge in [0.05, 0.1) is 5.69 Å². The fourth-order valence-corrected chi connectivity index (χ4v) is 3.98. The minimum atomic E-state index is -1.79. The lowest BCUT2D eigenvalue weighted by Gasteiger charge is -2.35. The Morgan fingerprint density at radius 2 is 1.90 bits per heavy atom. The zero-order valence-corrected chi connectivity index (χ0v) is 15.8. The van der Waals surface area contributed by atoms with Crippen molar-refractivity contribution in [3.63, 3.8) is 0 Å². The minimum absolute atomic E-state index is 0.0665. The highest BCUT2D eigenvalue weighted by Gasteiger charge is 2.51. The number of carbonyl (C=O) groups is 2. The van der Waals surface area contributed by atoms with Crippen molar-refractivity contribution in [2.75, 3.05) is 16.8 Å². The summed E-state index contributed by atoms with van der Waals surface area (Å²) in [6.07, 6.45) is 5.53. The van der Waals surface area contributed by atoms with E-state index in [0.717, 1.165) is 0 Å². The number of terminal acetylenes is 1. The summed E-state index contributed by atoms with van der Waals surface area (Å²) in [6, 6.07) is 18.8. The lowest BCUT2D eigenvalue weighted by atomic mass is 9.92. The molecule has 0 aliphatic carbocycles. The van der Waals surface area contributed by atoms with E-state index < -0.39 is 5.72 Å². The maximum Gasteiger partial charge on any atom is 0.262 e. The Kier molecular flexibility index (Phi) is 3.88. The Labute approximate surface area is 172 Å². The molecule has 2 aliphatic rings. The van der Waals surface area contributed by atoms with E-state index in [1.807, 2.05) is 0 Å². The summed E-state index contributed by atoms with van der Waals surface area (Å²) >= 11 is 0. The molecule has 0 saturated heterocycles. The number of nitrogens with zero attached hydrogens (tertiary/aromatic N) is 1. The van der Waals surface area contributed by atoms with Crippen LogP contribution in [0.25, 0.3) is 0 Å². The molecule has 2 amide bonds. The van der Waals surface area contributed by atoms with Crippen LogP contribution in [0.3, 0.4) is 0 Å². The topological polar surface area (TPSA) is 78.9 Å². The Bertz CT molecular complexity index is 1260. The van der Waals surface area contributed by atoms with E-state index in [4.69, 9.17) is 11.2 Å². The van der Waals surface area contributed by atoms with E-state index in [2.05, 4.69) is 11.2 Å². The first kappa shape index (κ1) is 18.0. The highest BCUT2D eigenvalue weighted by atomic mass is 16.5. The van der Waals surface area contributed by atoms with Crippen LogP contribution in [-0.4, -0.2) is 23.5 Å². The van der Waals surface area contributed by atoms with Crippen molar-refractivity contribution in [1.29, 1.82) is 0 Å². The zero-order chi connectivity index (χ0) is 20.9. The maximum absolute atomic E-state index is 13.3. The Morgan fingerprint density at radius 1 is 1.07 bits per heavy atom. The number of rotatable bonds is 2. The fraction of sp³-hybridized carbons (Fsp3) is 0.0833. The largest absolute Gasteiger partial charge is 0.482 e. The van der Waals surface area contributed by atoms with Crippen molar-refractivity contribution in [3.05, 3.63) is 89.0 Å². The van der Waals surface area contributed by atoms with Gasteiger partial charge in [0.15, 0.2) is 12.3 Å². The molecule has 0 bridgehead atoms. The highest BCUT2D eigenvalue weighted by Crippen LogP contribution is 2.46. The number of benzene rings is 3. The summed E-state index contributed by atoms with van der Waals surface area (Å²) in [5.74, 6) is 2.43. The molecule has 5 rings (SSSR count). The average Bonchev–Trinajstić information content (AvgIpc) is 3.01. The molecular weight excluding hydrogens is 380 g/mol. The number of anilines is 2. The third-order valence-electron chi connectivity index (χ3n) is 5.35. The summed E-state index contributed by atoms with van der Waals surface area (Å²) in [6.45, 7) is -0.0665. The van der Waals surface area contributed by atoms with Crippen molar-refractivity contribution in [1.82, 2.24) is 0 Å². The summed E-state index contributed by atoms with van der Waals surface area (Å²) in [5.41, 5.74) is 0.950. The van der Waals surface area contributed by atoms with Crippen molar-refractivity contribution in [2.24, 2.45) is 0 Å². The molecule has 6 heteroatoms. The van der Waals surface area contributed by atoms with Crippen LogP contribution in [-0.2, 0) is 10.5 Å². The minimum Gasteiger partial charge on any atom is -0.482 e. The van der Waals surface area contributed by atoms with Gasteiger partial charge in [0.2, 0.25) is 0 Å². The van der Waals surface area contributed by atoms with Gasteiger partial charge >= 0.3 is 0 Å². The Balaban J connectivity index is 1.74. The van der Waals surface area contributed by atoms with Crippen molar-refractivity contribution in [2.45, 2.75) is 5.72 Å². The van der Waals surface area contributed by atoms with Crippen LogP contribution >= 0.6 is 0 Å². The maximum atomic E-state index is 13.3. The van der Waals surface area contributed by atoms with Crippen molar-refractivity contribution < 1.29 is 19.4 Å². The predicted octanol–water partition coefficient (Wildman–Crippen LogP) is 2.85. The first-order chi connectivity index (χ1) is 14.5. The predicted molar refractivity (Wildman–Crippen MR) is 111 cm³/mol. The molecular formula is C24H16N2O4. The number of fused-ring (bicyclic) bond motifs is 2. The monoisotopic (exact) mass is 396 g/mol. The molecule has 1 atom stereocenters. The lowest BCUT2D eigenvalue weighted by Crippen LogP contribution is -2.45. The van der Waals surface area contributed by atoms with Gasteiger partial charge in [0, 0.05) is 27.9 Å². The average molecular weight is 396 g/mol. The quantitative estimate of drug-likeness (QED) is 0.653. The second-order valence-electron chi connectivity index (χ2n) is 7.10.